The molecule has 7 heteroatoms. The molecule has 0 radical (unpaired) electrons. The molecule has 3 N–H and O–H groups in total. The van der Waals surface area contributed by atoms with Crippen LogP contribution in [0.3, 0.4) is 0 Å². The highest BCUT2D eigenvalue weighted by Crippen LogP contribution is 2.11. The minimum Gasteiger partial charge on any atom is -0.369 e. The summed E-state index contributed by atoms with van der Waals surface area (Å²) in [5.41, 5.74) is 6.12. The number of rotatable bonds is 3. The molecule has 6 nitrogen and oxygen atoms in total. The number of guanidine groups is 1. The molecule has 0 aliphatic rings. The van der Waals surface area contributed by atoms with Crippen molar-refractivity contribution in [2.24, 2.45) is 10.1 Å². The lowest BCUT2D eigenvalue weighted by molar-refractivity contribution is 0.598. The van der Waals surface area contributed by atoms with Crippen LogP contribution in [0, 0.1) is 0 Å². The number of benzene rings is 1. The highest BCUT2D eigenvalue weighted by atomic mass is 32.2. The normalized spacial score (nSPS) is 12.1. The van der Waals surface area contributed by atoms with Gasteiger partial charge in [-0.2, -0.15) is 8.42 Å². The molecular weight excluding hydrogens is 264 g/mol. The van der Waals surface area contributed by atoms with Gasteiger partial charge < -0.3 is 11.1 Å². The fourth-order valence-electron chi connectivity index (χ4n) is 1.38. The number of hydrogen-bond donors (Lipinski definition) is 2. The van der Waals surface area contributed by atoms with Crippen molar-refractivity contribution in [2.45, 2.75) is 4.90 Å². The van der Waals surface area contributed by atoms with E-state index in [0.717, 1.165) is 0 Å². The van der Waals surface area contributed by atoms with Gasteiger partial charge in [-0.15, -0.1) is 4.40 Å². The molecule has 0 atom stereocenters. The van der Waals surface area contributed by atoms with E-state index < -0.39 is 10.0 Å². The number of sulfonamides is 1. The molecule has 2 aromatic rings. The van der Waals surface area contributed by atoms with E-state index in [4.69, 9.17) is 5.73 Å². The second-order valence-electron chi connectivity index (χ2n) is 3.63. The molecule has 1 aromatic carbocycles. The molecule has 0 saturated heterocycles. The van der Waals surface area contributed by atoms with Crippen molar-refractivity contribution < 1.29 is 8.42 Å². The summed E-state index contributed by atoms with van der Waals surface area (Å²) in [5, 5.41) is 2.65. The van der Waals surface area contributed by atoms with Gasteiger partial charge in [0.05, 0.1) is 16.8 Å². The zero-order valence-electron chi connectivity index (χ0n) is 9.89. The van der Waals surface area contributed by atoms with Crippen molar-refractivity contribution in [3.63, 3.8) is 0 Å². The van der Waals surface area contributed by atoms with Crippen LogP contribution in [0.2, 0.25) is 0 Å². The smallest absolute Gasteiger partial charge is 0.285 e. The Hall–Kier alpha value is -2.41. The Morgan fingerprint density at radius 2 is 1.89 bits per heavy atom. The number of nitrogens with one attached hydrogen (secondary N) is 1. The van der Waals surface area contributed by atoms with Gasteiger partial charge in [-0.05, 0) is 24.3 Å². The van der Waals surface area contributed by atoms with Crippen LogP contribution < -0.4 is 11.1 Å². The van der Waals surface area contributed by atoms with Crippen LogP contribution in [-0.2, 0) is 10.0 Å². The number of nitrogens with two attached hydrogens (primary N) is 1. The van der Waals surface area contributed by atoms with Gasteiger partial charge in [0, 0.05) is 6.20 Å². The van der Waals surface area contributed by atoms with E-state index in [1.54, 1.807) is 36.5 Å². The monoisotopic (exact) mass is 276 g/mol. The summed E-state index contributed by atoms with van der Waals surface area (Å²) in [6.07, 6.45) is 3.11. The summed E-state index contributed by atoms with van der Waals surface area (Å²) in [4.78, 5) is 3.96. The van der Waals surface area contributed by atoms with Crippen LogP contribution >= 0.6 is 0 Å². The van der Waals surface area contributed by atoms with Gasteiger partial charge in [0.25, 0.3) is 10.0 Å². The van der Waals surface area contributed by atoms with E-state index in [-0.39, 0.29) is 10.9 Å². The molecule has 0 saturated carbocycles. The van der Waals surface area contributed by atoms with Gasteiger partial charge in [0.2, 0.25) is 5.96 Å². The maximum atomic E-state index is 11.9. The number of nitrogens with zero attached hydrogens (tertiary/aromatic N) is 2. The number of pyridine rings is 1. The van der Waals surface area contributed by atoms with E-state index in [2.05, 4.69) is 14.7 Å². The third-order valence-electron chi connectivity index (χ3n) is 2.19. The summed E-state index contributed by atoms with van der Waals surface area (Å²) in [7, 11) is -3.80. The van der Waals surface area contributed by atoms with Crippen molar-refractivity contribution in [1.29, 1.82) is 0 Å². The highest BCUT2D eigenvalue weighted by Gasteiger charge is 2.12. The van der Waals surface area contributed by atoms with Gasteiger partial charge in [-0.25, -0.2) is 0 Å². The number of aromatic nitrogens is 1. The molecule has 0 aliphatic heterocycles. The topological polar surface area (TPSA) is 97.4 Å². The molecule has 98 valence electrons. The molecule has 2 rings (SSSR count). The summed E-state index contributed by atoms with van der Waals surface area (Å²) in [6.45, 7) is 0. The predicted octanol–water partition coefficient (Wildman–Crippen LogP) is 1.20. The lowest BCUT2D eigenvalue weighted by atomic mass is 10.4. The molecule has 0 amide bonds. The third kappa shape index (κ3) is 3.52. The minimum atomic E-state index is -3.80. The first-order valence-corrected chi connectivity index (χ1v) is 6.84. The van der Waals surface area contributed by atoms with Gasteiger partial charge in [-0.3, -0.25) is 4.98 Å². The Balaban J connectivity index is 2.21. The van der Waals surface area contributed by atoms with Crippen molar-refractivity contribution in [2.75, 3.05) is 5.32 Å². The Bertz CT molecular complexity index is 669. The molecular formula is C12H12N4O2S. The quantitative estimate of drug-likeness (QED) is 0.648. The first-order chi connectivity index (χ1) is 9.08. The minimum absolute atomic E-state index is 0.0888. The van der Waals surface area contributed by atoms with Gasteiger partial charge in [-0.1, -0.05) is 18.2 Å². The molecule has 19 heavy (non-hydrogen) atoms. The standard InChI is InChI=1S/C12H12N4O2S/c13-12(15-10-5-4-8-14-9-10)16-19(17,18)11-6-2-1-3-7-11/h1-9H,(H3,13,15,16). The fourth-order valence-corrected chi connectivity index (χ4v) is 2.29. The van der Waals surface area contributed by atoms with Crippen molar-refractivity contribution in [1.82, 2.24) is 4.98 Å². The van der Waals surface area contributed by atoms with Crippen molar-refractivity contribution >= 4 is 21.7 Å². The number of hydrogen-bond acceptors (Lipinski definition) is 3. The molecule has 1 aromatic heterocycles. The van der Waals surface area contributed by atoms with Crippen LogP contribution in [-0.4, -0.2) is 19.4 Å². The molecule has 0 spiro atoms. The molecule has 1 heterocycles. The van der Waals surface area contributed by atoms with Crippen LogP contribution in [0.4, 0.5) is 5.69 Å². The lowest BCUT2D eigenvalue weighted by Crippen LogP contribution is -2.24. The second-order valence-corrected chi connectivity index (χ2v) is 5.24. The summed E-state index contributed by atoms with van der Waals surface area (Å²) < 4.78 is 27.3. The zero-order valence-corrected chi connectivity index (χ0v) is 10.7. The Morgan fingerprint density at radius 3 is 2.53 bits per heavy atom. The first kappa shape index (κ1) is 13.0. The molecule has 0 fully saturated rings. The Kier molecular flexibility index (Phi) is 3.76. The zero-order chi connectivity index (χ0) is 13.7. The predicted molar refractivity (Wildman–Crippen MR) is 73.1 cm³/mol. The van der Waals surface area contributed by atoms with Crippen LogP contribution in [0.25, 0.3) is 0 Å². The summed E-state index contributed by atoms with van der Waals surface area (Å²) in [5.74, 6) is -0.211. The molecule has 0 bridgehead atoms. The average molecular weight is 276 g/mol. The van der Waals surface area contributed by atoms with Gasteiger partial charge in [0.1, 0.15) is 0 Å². The first-order valence-electron chi connectivity index (χ1n) is 5.40. The molecule has 0 unspecified atom stereocenters. The lowest BCUT2D eigenvalue weighted by Gasteiger charge is -2.04. The van der Waals surface area contributed by atoms with E-state index in [1.165, 1.54) is 18.3 Å². The molecule has 0 aliphatic carbocycles. The fraction of sp³-hybridized carbons (Fsp3) is 0. The van der Waals surface area contributed by atoms with Gasteiger partial charge in [0.15, 0.2) is 0 Å². The van der Waals surface area contributed by atoms with Crippen LogP contribution in [0.1, 0.15) is 0 Å². The second kappa shape index (κ2) is 5.49. The number of anilines is 1. The van der Waals surface area contributed by atoms with E-state index >= 15 is 0 Å². The highest BCUT2D eigenvalue weighted by molar-refractivity contribution is 7.90. The summed E-state index contributed by atoms with van der Waals surface area (Å²) >= 11 is 0. The van der Waals surface area contributed by atoms with Crippen molar-refractivity contribution in [3.05, 3.63) is 54.9 Å². The van der Waals surface area contributed by atoms with E-state index in [9.17, 15) is 8.42 Å². The third-order valence-corrected chi connectivity index (χ3v) is 3.50. The van der Waals surface area contributed by atoms with Crippen LogP contribution in [0.5, 0.6) is 0 Å². The van der Waals surface area contributed by atoms with E-state index in [0.29, 0.717) is 5.69 Å². The summed E-state index contributed by atoms with van der Waals surface area (Å²) in [6, 6.07) is 11.3. The average Bonchev–Trinajstić information content (AvgIpc) is 2.40. The maximum absolute atomic E-state index is 11.9. The van der Waals surface area contributed by atoms with Gasteiger partial charge >= 0.3 is 0 Å². The SMILES string of the molecule is NC(=NS(=O)(=O)c1ccccc1)Nc1cccnc1. The Morgan fingerprint density at radius 1 is 1.16 bits per heavy atom. The van der Waals surface area contributed by atoms with Crippen molar-refractivity contribution in [3.8, 4) is 0 Å². The maximum Gasteiger partial charge on any atom is 0.285 e. The largest absolute Gasteiger partial charge is 0.369 e. The Labute approximate surface area is 111 Å². The van der Waals surface area contributed by atoms with Crippen LogP contribution in [0.15, 0.2) is 64.2 Å². The van der Waals surface area contributed by atoms with E-state index in [1.807, 2.05) is 0 Å².